The Kier molecular flexibility index (Phi) is 3.07. The standard InChI is InChI=1S/C10H15N3O3/c1-16-10-12-11-8(9(14)15)13(10)7-5-3-2-4-6-7/h7H,2-6H2,1H3,(H,14,15). The summed E-state index contributed by atoms with van der Waals surface area (Å²) in [6.45, 7) is 0. The number of hydrogen-bond acceptors (Lipinski definition) is 4. The Labute approximate surface area is 93.2 Å². The van der Waals surface area contributed by atoms with Crippen LogP contribution >= 0.6 is 0 Å². The molecule has 0 aliphatic heterocycles. The molecule has 0 bridgehead atoms. The zero-order valence-corrected chi connectivity index (χ0v) is 9.22. The smallest absolute Gasteiger partial charge is 0.374 e. The maximum Gasteiger partial charge on any atom is 0.374 e. The van der Waals surface area contributed by atoms with E-state index in [9.17, 15) is 4.79 Å². The number of rotatable bonds is 3. The molecule has 88 valence electrons. The minimum Gasteiger partial charge on any atom is -0.475 e. The number of hydrogen-bond donors (Lipinski definition) is 1. The molecule has 1 aliphatic carbocycles. The van der Waals surface area contributed by atoms with E-state index in [1.807, 2.05) is 0 Å². The maximum atomic E-state index is 11.0. The number of aromatic carboxylic acids is 1. The Balaban J connectivity index is 2.34. The third kappa shape index (κ3) is 1.87. The summed E-state index contributed by atoms with van der Waals surface area (Å²) in [5.74, 6) is -1.08. The molecule has 0 spiro atoms. The number of nitrogens with zero attached hydrogens (tertiary/aromatic N) is 3. The van der Waals surface area contributed by atoms with Gasteiger partial charge in [-0.2, -0.15) is 0 Å². The zero-order chi connectivity index (χ0) is 11.5. The summed E-state index contributed by atoms with van der Waals surface area (Å²) in [6, 6.07) is 0.453. The van der Waals surface area contributed by atoms with E-state index in [4.69, 9.17) is 9.84 Å². The fourth-order valence-electron chi connectivity index (χ4n) is 2.23. The number of carboxylic acids is 1. The Hall–Kier alpha value is -1.59. The summed E-state index contributed by atoms with van der Waals surface area (Å²) in [4.78, 5) is 11.0. The van der Waals surface area contributed by atoms with Crippen molar-refractivity contribution in [3.63, 3.8) is 0 Å². The molecular formula is C10H15N3O3. The second-order valence-corrected chi connectivity index (χ2v) is 3.98. The fraction of sp³-hybridized carbons (Fsp3) is 0.700. The number of aromatic nitrogens is 3. The van der Waals surface area contributed by atoms with Crippen molar-refractivity contribution in [2.75, 3.05) is 7.11 Å². The van der Waals surface area contributed by atoms with Crippen LogP contribution in [0.2, 0.25) is 0 Å². The van der Waals surface area contributed by atoms with Crippen molar-refractivity contribution in [3.05, 3.63) is 5.82 Å². The fourth-order valence-corrected chi connectivity index (χ4v) is 2.23. The van der Waals surface area contributed by atoms with Crippen molar-refractivity contribution in [2.45, 2.75) is 38.1 Å². The monoisotopic (exact) mass is 225 g/mol. The summed E-state index contributed by atoms with van der Waals surface area (Å²) in [5.41, 5.74) is 0. The molecule has 2 rings (SSSR count). The van der Waals surface area contributed by atoms with Crippen LogP contribution in [0.15, 0.2) is 0 Å². The maximum absolute atomic E-state index is 11.0. The normalized spacial score (nSPS) is 17.3. The van der Waals surface area contributed by atoms with Crippen LogP contribution in [0.4, 0.5) is 0 Å². The van der Waals surface area contributed by atoms with Crippen molar-refractivity contribution in [2.24, 2.45) is 0 Å². The van der Waals surface area contributed by atoms with Crippen LogP contribution in [-0.2, 0) is 0 Å². The summed E-state index contributed by atoms with van der Waals surface area (Å²) in [5, 5.41) is 16.4. The third-order valence-electron chi connectivity index (χ3n) is 2.98. The van der Waals surface area contributed by atoms with E-state index in [1.165, 1.54) is 13.5 Å². The summed E-state index contributed by atoms with van der Waals surface area (Å²) in [6.07, 6.45) is 5.38. The number of methoxy groups -OCH3 is 1. The van der Waals surface area contributed by atoms with E-state index in [2.05, 4.69) is 10.2 Å². The molecule has 0 amide bonds. The molecule has 0 unspecified atom stereocenters. The first-order valence-corrected chi connectivity index (χ1v) is 5.46. The topological polar surface area (TPSA) is 77.2 Å². The first-order valence-electron chi connectivity index (χ1n) is 5.46. The highest BCUT2D eigenvalue weighted by Crippen LogP contribution is 2.31. The van der Waals surface area contributed by atoms with Gasteiger partial charge in [0.2, 0.25) is 5.82 Å². The second kappa shape index (κ2) is 4.51. The van der Waals surface area contributed by atoms with Crippen LogP contribution in [0.1, 0.15) is 48.8 Å². The Morgan fingerprint density at radius 1 is 1.38 bits per heavy atom. The van der Waals surface area contributed by atoms with Crippen molar-refractivity contribution in [1.82, 2.24) is 14.8 Å². The van der Waals surface area contributed by atoms with Crippen molar-refractivity contribution >= 4 is 5.97 Å². The highest BCUT2D eigenvalue weighted by molar-refractivity contribution is 5.83. The molecule has 0 atom stereocenters. The molecule has 1 N–H and O–H groups in total. The van der Waals surface area contributed by atoms with Crippen molar-refractivity contribution < 1.29 is 14.6 Å². The minimum atomic E-state index is -1.05. The number of ether oxygens (including phenoxy) is 1. The lowest BCUT2D eigenvalue weighted by molar-refractivity contribution is 0.0671. The molecular weight excluding hydrogens is 210 g/mol. The number of carboxylic acid groups (broad SMARTS) is 1. The van der Waals surface area contributed by atoms with Crippen LogP contribution in [0.5, 0.6) is 6.01 Å². The molecule has 1 fully saturated rings. The van der Waals surface area contributed by atoms with Gasteiger partial charge in [0.1, 0.15) is 0 Å². The molecule has 0 radical (unpaired) electrons. The van der Waals surface area contributed by atoms with E-state index < -0.39 is 5.97 Å². The molecule has 1 aliphatic rings. The van der Waals surface area contributed by atoms with Gasteiger partial charge >= 0.3 is 12.0 Å². The van der Waals surface area contributed by atoms with Gasteiger partial charge in [0.25, 0.3) is 0 Å². The van der Waals surface area contributed by atoms with Gasteiger partial charge in [0.05, 0.1) is 7.11 Å². The number of carbonyl (C=O) groups is 1. The summed E-state index contributed by atoms with van der Waals surface area (Å²) < 4.78 is 6.67. The molecule has 1 saturated carbocycles. The van der Waals surface area contributed by atoms with Gasteiger partial charge in [0.15, 0.2) is 0 Å². The Morgan fingerprint density at radius 3 is 2.62 bits per heavy atom. The first-order chi connectivity index (χ1) is 7.74. The average Bonchev–Trinajstić information content (AvgIpc) is 2.73. The zero-order valence-electron chi connectivity index (χ0n) is 9.22. The van der Waals surface area contributed by atoms with Gasteiger partial charge in [-0.1, -0.05) is 24.4 Å². The highest BCUT2D eigenvalue weighted by atomic mass is 16.5. The van der Waals surface area contributed by atoms with Gasteiger partial charge < -0.3 is 9.84 Å². The first kappa shape index (κ1) is 10.9. The van der Waals surface area contributed by atoms with Crippen LogP contribution < -0.4 is 4.74 Å². The minimum absolute atomic E-state index is 0.0243. The van der Waals surface area contributed by atoms with Gasteiger partial charge in [-0.25, -0.2) is 4.79 Å². The highest BCUT2D eigenvalue weighted by Gasteiger charge is 2.26. The molecule has 1 aromatic heterocycles. The van der Waals surface area contributed by atoms with Crippen LogP contribution in [0.3, 0.4) is 0 Å². The molecule has 1 aromatic rings. The van der Waals surface area contributed by atoms with Crippen LogP contribution in [-0.4, -0.2) is 33.0 Å². The van der Waals surface area contributed by atoms with E-state index in [0.717, 1.165) is 25.7 Å². The summed E-state index contributed by atoms with van der Waals surface area (Å²) in [7, 11) is 1.48. The van der Waals surface area contributed by atoms with Crippen molar-refractivity contribution in [3.8, 4) is 6.01 Å². The molecule has 0 aromatic carbocycles. The van der Waals surface area contributed by atoms with Crippen LogP contribution in [0.25, 0.3) is 0 Å². The van der Waals surface area contributed by atoms with E-state index in [0.29, 0.717) is 6.01 Å². The van der Waals surface area contributed by atoms with E-state index in [-0.39, 0.29) is 11.9 Å². The van der Waals surface area contributed by atoms with Gasteiger partial charge in [-0.15, -0.1) is 5.10 Å². The average molecular weight is 225 g/mol. The molecule has 1 heterocycles. The van der Waals surface area contributed by atoms with Crippen molar-refractivity contribution in [1.29, 1.82) is 0 Å². The lowest BCUT2D eigenvalue weighted by Crippen LogP contribution is -2.19. The largest absolute Gasteiger partial charge is 0.475 e. The molecule has 16 heavy (non-hydrogen) atoms. The Bertz CT molecular complexity index is 383. The van der Waals surface area contributed by atoms with Gasteiger partial charge in [0, 0.05) is 6.04 Å². The predicted molar refractivity (Wildman–Crippen MR) is 55.7 cm³/mol. The second-order valence-electron chi connectivity index (χ2n) is 3.98. The lowest BCUT2D eigenvalue weighted by Gasteiger charge is -2.24. The summed E-state index contributed by atoms with van der Waals surface area (Å²) >= 11 is 0. The molecule has 6 heteroatoms. The lowest BCUT2D eigenvalue weighted by atomic mass is 9.95. The van der Waals surface area contributed by atoms with Gasteiger partial charge in [-0.05, 0) is 12.8 Å². The van der Waals surface area contributed by atoms with E-state index >= 15 is 0 Å². The predicted octanol–water partition coefficient (Wildman–Crippen LogP) is 1.49. The quantitative estimate of drug-likeness (QED) is 0.843. The van der Waals surface area contributed by atoms with E-state index in [1.54, 1.807) is 4.57 Å². The molecule has 0 saturated heterocycles. The SMILES string of the molecule is COc1nnc(C(=O)O)n1C1CCCCC1. The third-order valence-corrected chi connectivity index (χ3v) is 2.98. The van der Waals surface area contributed by atoms with Crippen LogP contribution in [0, 0.1) is 0 Å². The molecule has 6 nitrogen and oxygen atoms in total. The Morgan fingerprint density at radius 2 is 2.06 bits per heavy atom. The van der Waals surface area contributed by atoms with Gasteiger partial charge in [-0.3, -0.25) is 4.57 Å².